The number of hydrazone groups is 1. The van der Waals surface area contributed by atoms with Gasteiger partial charge in [0.1, 0.15) is 5.75 Å². The first-order valence-corrected chi connectivity index (χ1v) is 8.51. The molecule has 0 radical (unpaired) electrons. The van der Waals surface area contributed by atoms with Crippen molar-refractivity contribution in [3.63, 3.8) is 0 Å². The van der Waals surface area contributed by atoms with Gasteiger partial charge in [-0.2, -0.15) is 5.10 Å². The molecule has 0 saturated heterocycles. The number of amides is 1. The molecule has 0 saturated carbocycles. The van der Waals surface area contributed by atoms with Gasteiger partial charge < -0.3 is 9.47 Å². The van der Waals surface area contributed by atoms with E-state index in [9.17, 15) is 9.59 Å². The Kier molecular flexibility index (Phi) is 8.25. The summed E-state index contributed by atoms with van der Waals surface area (Å²) >= 11 is 6.68. The van der Waals surface area contributed by atoms with Crippen molar-refractivity contribution in [2.24, 2.45) is 11.0 Å². The second-order valence-electron chi connectivity index (χ2n) is 4.63. The molecular formula is C15H18Br2N2O4. The van der Waals surface area contributed by atoms with E-state index < -0.39 is 11.8 Å². The highest BCUT2D eigenvalue weighted by atomic mass is 79.9. The van der Waals surface area contributed by atoms with Gasteiger partial charge in [0, 0.05) is 10.2 Å². The molecule has 1 aromatic carbocycles. The highest BCUT2D eigenvalue weighted by Crippen LogP contribution is 2.28. The number of benzene rings is 1. The van der Waals surface area contributed by atoms with Crippen LogP contribution >= 0.6 is 31.9 Å². The number of rotatable bonds is 7. The Balaban J connectivity index is 2.50. The molecule has 1 N–H and O–H groups in total. The molecule has 0 heterocycles. The van der Waals surface area contributed by atoms with Gasteiger partial charge in [-0.3, -0.25) is 9.59 Å². The first-order valence-electron chi connectivity index (χ1n) is 6.92. The van der Waals surface area contributed by atoms with Crippen LogP contribution in [-0.2, 0) is 14.3 Å². The summed E-state index contributed by atoms with van der Waals surface area (Å²) in [5, 5.41) is 3.89. The minimum atomic E-state index is -0.517. The third-order valence-electron chi connectivity index (χ3n) is 2.88. The second kappa shape index (κ2) is 9.67. The predicted molar refractivity (Wildman–Crippen MR) is 94.4 cm³/mol. The van der Waals surface area contributed by atoms with Crippen LogP contribution in [0.5, 0.6) is 5.75 Å². The van der Waals surface area contributed by atoms with Gasteiger partial charge in [-0.15, -0.1) is 0 Å². The monoisotopic (exact) mass is 448 g/mol. The lowest BCUT2D eigenvalue weighted by molar-refractivity contribution is -0.145. The van der Waals surface area contributed by atoms with Crippen molar-refractivity contribution in [1.82, 2.24) is 5.43 Å². The molecule has 1 unspecified atom stereocenters. The van der Waals surface area contributed by atoms with Crippen molar-refractivity contribution < 1.29 is 19.1 Å². The minimum Gasteiger partial charge on any atom is -0.483 e. The summed E-state index contributed by atoms with van der Waals surface area (Å²) in [7, 11) is 0. The van der Waals surface area contributed by atoms with Gasteiger partial charge in [0.2, 0.25) is 0 Å². The van der Waals surface area contributed by atoms with Crippen LogP contribution < -0.4 is 10.2 Å². The lowest BCUT2D eigenvalue weighted by Crippen LogP contribution is -2.28. The Hall–Kier alpha value is -1.41. The maximum absolute atomic E-state index is 11.7. The highest BCUT2D eigenvalue weighted by Gasteiger charge is 2.17. The number of esters is 1. The van der Waals surface area contributed by atoms with E-state index in [0.29, 0.717) is 18.1 Å². The normalized spacial score (nSPS) is 12.5. The zero-order chi connectivity index (χ0) is 17.4. The Morgan fingerprint density at radius 3 is 2.65 bits per heavy atom. The average Bonchev–Trinajstić information content (AvgIpc) is 2.51. The summed E-state index contributed by atoms with van der Waals surface area (Å²) in [5.41, 5.74) is 2.81. The Labute approximate surface area is 151 Å². The summed E-state index contributed by atoms with van der Waals surface area (Å²) in [5.74, 6) is -0.769. The van der Waals surface area contributed by atoms with Crippen LogP contribution in [0, 0.1) is 5.92 Å². The van der Waals surface area contributed by atoms with Crippen LogP contribution in [0.1, 0.15) is 20.8 Å². The van der Waals surface area contributed by atoms with Gasteiger partial charge in [0.25, 0.3) is 5.91 Å². The number of hydrogen-bond donors (Lipinski definition) is 1. The second-order valence-corrected chi connectivity index (χ2v) is 6.40. The fraction of sp³-hybridized carbons (Fsp3) is 0.400. The van der Waals surface area contributed by atoms with E-state index in [1.165, 1.54) is 0 Å². The van der Waals surface area contributed by atoms with Gasteiger partial charge >= 0.3 is 5.97 Å². The quantitative estimate of drug-likeness (QED) is 0.393. The molecule has 0 aliphatic rings. The Bertz CT molecular complexity index is 605. The van der Waals surface area contributed by atoms with E-state index >= 15 is 0 Å². The lowest BCUT2D eigenvalue weighted by atomic mass is 10.1. The standard InChI is InChI=1S/C15H18Br2N2O4/c1-4-22-15(21)9(2)10(3)18-19-14(20)8-23-13-6-5-11(16)7-12(13)17/h5-7,9H,4,8H2,1-3H3,(H,19,20)/b18-10-. The molecule has 1 aromatic rings. The zero-order valence-electron chi connectivity index (χ0n) is 13.1. The van der Waals surface area contributed by atoms with E-state index in [0.717, 1.165) is 8.95 Å². The van der Waals surface area contributed by atoms with Crippen LogP contribution in [-0.4, -0.2) is 30.8 Å². The van der Waals surface area contributed by atoms with E-state index in [4.69, 9.17) is 9.47 Å². The van der Waals surface area contributed by atoms with E-state index in [-0.39, 0.29) is 12.6 Å². The Morgan fingerprint density at radius 2 is 2.04 bits per heavy atom. The van der Waals surface area contributed by atoms with Crippen molar-refractivity contribution in [2.45, 2.75) is 20.8 Å². The van der Waals surface area contributed by atoms with E-state index in [1.54, 1.807) is 32.9 Å². The molecule has 0 fully saturated rings. The van der Waals surface area contributed by atoms with Crippen LogP contribution in [0.25, 0.3) is 0 Å². The average molecular weight is 450 g/mol. The van der Waals surface area contributed by atoms with Gasteiger partial charge in [0.05, 0.1) is 17.0 Å². The highest BCUT2D eigenvalue weighted by molar-refractivity contribution is 9.11. The summed E-state index contributed by atoms with van der Waals surface area (Å²) < 4.78 is 11.9. The topological polar surface area (TPSA) is 77.0 Å². The third kappa shape index (κ3) is 6.70. The molecule has 0 aliphatic carbocycles. The number of nitrogens with one attached hydrogen (secondary N) is 1. The van der Waals surface area contributed by atoms with E-state index in [2.05, 4.69) is 42.4 Å². The fourth-order valence-corrected chi connectivity index (χ4v) is 2.61. The molecule has 1 rings (SSSR count). The largest absolute Gasteiger partial charge is 0.483 e. The first-order chi connectivity index (χ1) is 10.8. The maximum atomic E-state index is 11.7. The first kappa shape index (κ1) is 19.6. The van der Waals surface area contributed by atoms with Crippen molar-refractivity contribution in [3.05, 3.63) is 27.1 Å². The molecule has 23 heavy (non-hydrogen) atoms. The van der Waals surface area contributed by atoms with Gasteiger partial charge in [-0.25, -0.2) is 5.43 Å². The van der Waals surface area contributed by atoms with Crippen molar-refractivity contribution in [3.8, 4) is 5.75 Å². The molecule has 0 aromatic heterocycles. The lowest BCUT2D eigenvalue weighted by Gasteiger charge is -2.10. The van der Waals surface area contributed by atoms with Crippen LogP contribution in [0.2, 0.25) is 0 Å². The van der Waals surface area contributed by atoms with Gasteiger partial charge in [-0.05, 0) is 54.9 Å². The van der Waals surface area contributed by atoms with Crippen LogP contribution in [0.15, 0.2) is 32.2 Å². The van der Waals surface area contributed by atoms with Gasteiger partial charge in [-0.1, -0.05) is 15.9 Å². The van der Waals surface area contributed by atoms with Crippen molar-refractivity contribution in [1.29, 1.82) is 0 Å². The molecule has 0 aliphatic heterocycles. The minimum absolute atomic E-state index is 0.190. The van der Waals surface area contributed by atoms with Crippen LogP contribution in [0.3, 0.4) is 0 Å². The number of ether oxygens (including phenoxy) is 2. The molecule has 0 bridgehead atoms. The van der Waals surface area contributed by atoms with E-state index in [1.807, 2.05) is 6.07 Å². The smallest absolute Gasteiger partial charge is 0.314 e. The summed E-state index contributed by atoms with van der Waals surface area (Å²) in [6.45, 7) is 5.16. The molecule has 0 spiro atoms. The fourth-order valence-electron chi connectivity index (χ4n) is 1.45. The summed E-state index contributed by atoms with van der Waals surface area (Å²) in [6, 6.07) is 5.36. The molecule has 1 atom stereocenters. The Morgan fingerprint density at radius 1 is 1.35 bits per heavy atom. The van der Waals surface area contributed by atoms with Crippen molar-refractivity contribution in [2.75, 3.05) is 13.2 Å². The molecule has 1 amide bonds. The predicted octanol–water partition coefficient (Wildman–Crippen LogP) is 3.28. The maximum Gasteiger partial charge on any atom is 0.314 e. The molecule has 6 nitrogen and oxygen atoms in total. The zero-order valence-corrected chi connectivity index (χ0v) is 16.2. The number of carbonyl (C=O) groups is 2. The number of nitrogens with zero attached hydrogens (tertiary/aromatic N) is 1. The van der Waals surface area contributed by atoms with Crippen LogP contribution in [0.4, 0.5) is 0 Å². The van der Waals surface area contributed by atoms with Crippen molar-refractivity contribution >= 4 is 49.4 Å². The molecule has 126 valence electrons. The number of halogens is 2. The summed E-state index contributed by atoms with van der Waals surface area (Å²) in [6.07, 6.45) is 0. The molecule has 8 heteroatoms. The molecular weight excluding hydrogens is 432 g/mol. The SMILES string of the molecule is CCOC(=O)C(C)/C(C)=N\NC(=O)COc1ccc(Br)cc1Br. The summed E-state index contributed by atoms with van der Waals surface area (Å²) in [4.78, 5) is 23.3. The third-order valence-corrected chi connectivity index (χ3v) is 3.99. The number of hydrogen-bond acceptors (Lipinski definition) is 5. The number of carbonyl (C=O) groups excluding carboxylic acids is 2. The van der Waals surface area contributed by atoms with Gasteiger partial charge in [0.15, 0.2) is 6.61 Å².